The smallest absolute Gasteiger partial charge is 0.318 e. The van der Waals surface area contributed by atoms with Crippen molar-refractivity contribution in [2.45, 2.75) is 13.8 Å². The van der Waals surface area contributed by atoms with Gasteiger partial charge in [-0.15, -0.1) is 0 Å². The molecule has 0 saturated heterocycles. The number of anilines is 1. The Kier molecular flexibility index (Phi) is 6.06. The zero-order chi connectivity index (χ0) is 20.1. The number of aryl methyl sites for hydroxylation is 1. The predicted octanol–water partition coefficient (Wildman–Crippen LogP) is 3.95. The third-order valence-electron chi connectivity index (χ3n) is 4.14. The largest absolute Gasteiger partial charge is 0.329 e. The summed E-state index contributed by atoms with van der Waals surface area (Å²) in [5.74, 6) is -1.63. The molecular weight excluding hydrogens is 420 g/mol. The first-order valence-electron chi connectivity index (χ1n) is 8.60. The number of aromatic nitrogens is 1. The number of benzene rings is 2. The number of hydrogen-bond acceptors (Lipinski definition) is 3. The van der Waals surface area contributed by atoms with E-state index in [4.69, 9.17) is 0 Å². The molecule has 1 heterocycles. The van der Waals surface area contributed by atoms with Gasteiger partial charge in [0.15, 0.2) is 0 Å². The molecule has 2 N–H and O–H groups in total. The first-order chi connectivity index (χ1) is 13.5. The summed E-state index contributed by atoms with van der Waals surface area (Å²) in [7, 11) is 0. The van der Waals surface area contributed by atoms with E-state index < -0.39 is 11.8 Å². The number of halogens is 1. The van der Waals surface area contributed by atoms with Gasteiger partial charge in [0.25, 0.3) is 0 Å². The van der Waals surface area contributed by atoms with Gasteiger partial charge >= 0.3 is 11.8 Å². The number of hydrazone groups is 1. The van der Waals surface area contributed by atoms with Gasteiger partial charge in [-0.1, -0.05) is 40.2 Å². The van der Waals surface area contributed by atoms with E-state index in [0.29, 0.717) is 5.69 Å². The molecule has 1 aromatic heterocycles. The summed E-state index contributed by atoms with van der Waals surface area (Å²) in [6.07, 6.45) is 1.53. The molecule has 0 unspecified atom stereocenters. The van der Waals surface area contributed by atoms with E-state index in [2.05, 4.69) is 36.3 Å². The second-order valence-electron chi connectivity index (χ2n) is 6.16. The lowest BCUT2D eigenvalue weighted by atomic mass is 10.2. The molecule has 0 aliphatic rings. The highest BCUT2D eigenvalue weighted by Crippen LogP contribution is 2.19. The van der Waals surface area contributed by atoms with E-state index in [1.54, 1.807) is 18.2 Å². The summed E-state index contributed by atoms with van der Waals surface area (Å²) in [6.45, 7) is 3.98. The minimum Gasteiger partial charge on any atom is -0.318 e. The highest BCUT2D eigenvalue weighted by molar-refractivity contribution is 9.10. The number of carbonyl (C=O) groups excluding carboxylic acids is 2. The van der Waals surface area contributed by atoms with E-state index in [9.17, 15) is 9.59 Å². The normalized spacial score (nSPS) is 10.8. The lowest BCUT2D eigenvalue weighted by Crippen LogP contribution is -2.32. The van der Waals surface area contributed by atoms with E-state index in [1.165, 1.54) is 6.21 Å². The fraction of sp³-hybridized carbons (Fsp3) is 0.0952. The maximum atomic E-state index is 12.0. The van der Waals surface area contributed by atoms with Crippen molar-refractivity contribution in [1.82, 2.24) is 9.99 Å². The third kappa shape index (κ3) is 4.55. The molecule has 142 valence electrons. The number of para-hydroxylation sites is 1. The molecule has 0 aliphatic carbocycles. The van der Waals surface area contributed by atoms with Crippen LogP contribution in [0.25, 0.3) is 5.69 Å². The van der Waals surface area contributed by atoms with Gasteiger partial charge in [0.2, 0.25) is 0 Å². The van der Waals surface area contributed by atoms with Gasteiger partial charge in [0.05, 0.1) is 6.21 Å². The van der Waals surface area contributed by atoms with E-state index in [1.807, 2.05) is 56.3 Å². The van der Waals surface area contributed by atoms with Crippen LogP contribution in [0.4, 0.5) is 5.69 Å². The Bertz CT molecular complexity index is 1040. The summed E-state index contributed by atoms with van der Waals surface area (Å²) in [5, 5.41) is 6.44. The topological polar surface area (TPSA) is 75.5 Å². The molecule has 3 rings (SSSR count). The van der Waals surface area contributed by atoms with Crippen LogP contribution < -0.4 is 10.7 Å². The van der Waals surface area contributed by atoms with Gasteiger partial charge in [-0.2, -0.15) is 5.10 Å². The molecule has 0 spiro atoms. The molecule has 0 bridgehead atoms. The van der Waals surface area contributed by atoms with Crippen LogP contribution in [0.3, 0.4) is 0 Å². The number of nitrogens with one attached hydrogen (secondary N) is 2. The lowest BCUT2D eigenvalue weighted by molar-refractivity contribution is -0.136. The van der Waals surface area contributed by atoms with Crippen molar-refractivity contribution in [3.05, 3.63) is 82.1 Å². The summed E-state index contributed by atoms with van der Waals surface area (Å²) < 4.78 is 2.90. The maximum Gasteiger partial charge on any atom is 0.329 e. The van der Waals surface area contributed by atoms with E-state index >= 15 is 0 Å². The van der Waals surface area contributed by atoms with Crippen LogP contribution in [0.1, 0.15) is 17.0 Å². The molecule has 0 aliphatic heterocycles. The highest BCUT2D eigenvalue weighted by atomic mass is 79.9. The SMILES string of the molecule is Cc1cc(/C=N/NC(=O)C(=O)Nc2cccc(Br)c2)c(C)n1-c1ccccc1. The number of hydrogen-bond donors (Lipinski definition) is 2. The Labute approximate surface area is 171 Å². The Morgan fingerprint density at radius 2 is 1.75 bits per heavy atom. The van der Waals surface area contributed by atoms with Gasteiger partial charge in [-0.25, -0.2) is 5.43 Å². The van der Waals surface area contributed by atoms with E-state index in [-0.39, 0.29) is 0 Å². The standard InChI is InChI=1S/C21H19BrN4O2/c1-14-11-16(15(2)26(14)19-9-4-3-5-10-19)13-23-25-21(28)20(27)24-18-8-6-7-17(22)12-18/h3-13H,1-2H3,(H,24,27)(H,25,28)/b23-13+. The highest BCUT2D eigenvalue weighted by Gasteiger charge is 2.13. The zero-order valence-corrected chi connectivity index (χ0v) is 17.0. The van der Waals surface area contributed by atoms with Crippen LogP contribution in [0.5, 0.6) is 0 Å². The van der Waals surface area contributed by atoms with Gasteiger partial charge in [0.1, 0.15) is 0 Å². The quantitative estimate of drug-likeness (QED) is 0.367. The predicted molar refractivity (Wildman–Crippen MR) is 114 cm³/mol. The molecule has 28 heavy (non-hydrogen) atoms. The molecule has 7 heteroatoms. The third-order valence-corrected chi connectivity index (χ3v) is 4.64. The Hall–Kier alpha value is -3.19. The van der Waals surface area contributed by atoms with Crippen LogP contribution in [0, 0.1) is 13.8 Å². The number of carbonyl (C=O) groups is 2. The Balaban J connectivity index is 1.66. The van der Waals surface area contributed by atoms with Gasteiger partial charge in [-0.3, -0.25) is 9.59 Å². The van der Waals surface area contributed by atoms with Crippen LogP contribution in [-0.4, -0.2) is 22.6 Å². The molecule has 3 aromatic rings. The first kappa shape index (κ1) is 19.6. The Morgan fingerprint density at radius 1 is 1.00 bits per heavy atom. The number of amides is 2. The van der Waals surface area contributed by atoms with Crippen molar-refractivity contribution in [2.24, 2.45) is 5.10 Å². The minimum absolute atomic E-state index is 0.518. The van der Waals surface area contributed by atoms with Crippen LogP contribution in [0.15, 0.2) is 70.2 Å². The zero-order valence-electron chi connectivity index (χ0n) is 15.4. The fourth-order valence-electron chi connectivity index (χ4n) is 2.86. The average molecular weight is 439 g/mol. The van der Waals surface area contributed by atoms with Crippen molar-refractivity contribution in [2.75, 3.05) is 5.32 Å². The fourth-order valence-corrected chi connectivity index (χ4v) is 3.26. The molecule has 2 amide bonds. The summed E-state index contributed by atoms with van der Waals surface area (Å²) >= 11 is 3.31. The van der Waals surface area contributed by atoms with E-state index in [0.717, 1.165) is 27.1 Å². The number of rotatable bonds is 4. The average Bonchev–Trinajstić information content (AvgIpc) is 2.95. The van der Waals surface area contributed by atoms with Crippen LogP contribution >= 0.6 is 15.9 Å². The second-order valence-corrected chi connectivity index (χ2v) is 7.08. The summed E-state index contributed by atoms with van der Waals surface area (Å²) in [5.41, 5.74) is 6.72. The molecule has 2 aromatic carbocycles. The van der Waals surface area contributed by atoms with Crippen LogP contribution in [-0.2, 0) is 9.59 Å². The van der Waals surface area contributed by atoms with Crippen molar-refractivity contribution in [3.8, 4) is 5.69 Å². The van der Waals surface area contributed by atoms with Crippen molar-refractivity contribution in [3.63, 3.8) is 0 Å². The molecule has 0 saturated carbocycles. The van der Waals surface area contributed by atoms with Crippen molar-refractivity contribution >= 4 is 39.6 Å². The van der Waals surface area contributed by atoms with Crippen LogP contribution in [0.2, 0.25) is 0 Å². The Morgan fingerprint density at radius 3 is 2.46 bits per heavy atom. The molecule has 0 fully saturated rings. The van der Waals surface area contributed by atoms with Gasteiger partial charge in [-0.05, 0) is 50.2 Å². The molecule has 0 radical (unpaired) electrons. The number of nitrogens with zero attached hydrogens (tertiary/aromatic N) is 2. The molecule has 0 atom stereocenters. The molecule has 6 nitrogen and oxygen atoms in total. The lowest BCUT2D eigenvalue weighted by Gasteiger charge is -2.09. The monoisotopic (exact) mass is 438 g/mol. The minimum atomic E-state index is -0.840. The maximum absolute atomic E-state index is 12.0. The summed E-state index contributed by atoms with van der Waals surface area (Å²) in [6, 6.07) is 18.9. The van der Waals surface area contributed by atoms with Gasteiger partial charge < -0.3 is 9.88 Å². The van der Waals surface area contributed by atoms with Gasteiger partial charge in [0, 0.05) is 32.8 Å². The van der Waals surface area contributed by atoms with Crippen molar-refractivity contribution in [1.29, 1.82) is 0 Å². The first-order valence-corrected chi connectivity index (χ1v) is 9.39. The van der Waals surface area contributed by atoms with Crippen molar-refractivity contribution < 1.29 is 9.59 Å². The second kappa shape index (κ2) is 8.67. The summed E-state index contributed by atoms with van der Waals surface area (Å²) in [4.78, 5) is 23.9. The molecular formula is C21H19BrN4O2.